The summed E-state index contributed by atoms with van der Waals surface area (Å²) in [5.41, 5.74) is 3.84. The molecule has 1 saturated heterocycles. The van der Waals surface area contributed by atoms with Crippen molar-refractivity contribution in [3.05, 3.63) is 58.9 Å². The van der Waals surface area contributed by atoms with Gasteiger partial charge in [-0.15, -0.1) is 11.3 Å². The van der Waals surface area contributed by atoms with Gasteiger partial charge in [-0.2, -0.15) is 5.10 Å². The monoisotopic (exact) mass is 367 g/mol. The van der Waals surface area contributed by atoms with Gasteiger partial charge in [-0.05, 0) is 43.7 Å². The van der Waals surface area contributed by atoms with Crippen molar-refractivity contribution in [2.75, 3.05) is 31.1 Å². The fourth-order valence-corrected chi connectivity index (χ4v) is 3.94. The number of benzene rings is 1. The molecule has 6 nitrogen and oxygen atoms in total. The fraction of sp³-hybridized carbons (Fsp3) is 0.316. The molecule has 0 atom stereocenters. The number of aryl methyl sites for hydroxylation is 2. The summed E-state index contributed by atoms with van der Waals surface area (Å²) in [7, 11) is 0. The molecule has 0 unspecified atom stereocenters. The first kappa shape index (κ1) is 16.8. The molecular weight excluding hydrogens is 346 g/mol. The molecule has 1 amide bonds. The van der Waals surface area contributed by atoms with Crippen molar-refractivity contribution in [2.24, 2.45) is 0 Å². The number of rotatable bonds is 3. The summed E-state index contributed by atoms with van der Waals surface area (Å²) in [6.07, 6.45) is 3.79. The second kappa shape index (κ2) is 6.92. The summed E-state index contributed by atoms with van der Waals surface area (Å²) in [5, 5.41) is 7.41. The Bertz CT molecular complexity index is 906. The highest BCUT2D eigenvalue weighted by Crippen LogP contribution is 2.22. The van der Waals surface area contributed by atoms with Crippen LogP contribution in [0.5, 0.6) is 0 Å². The zero-order valence-corrected chi connectivity index (χ0v) is 15.7. The number of nitrogens with zero attached hydrogens (tertiary/aromatic N) is 5. The molecule has 0 saturated carbocycles. The van der Waals surface area contributed by atoms with Gasteiger partial charge in [0, 0.05) is 43.3 Å². The summed E-state index contributed by atoms with van der Waals surface area (Å²) in [4.78, 5) is 21.5. The number of carbonyl (C=O) groups excluding carboxylic acids is 1. The Balaban J connectivity index is 1.40. The minimum absolute atomic E-state index is 0.0863. The Hall–Kier alpha value is -2.67. The predicted octanol–water partition coefficient (Wildman–Crippen LogP) is 2.91. The summed E-state index contributed by atoms with van der Waals surface area (Å²) in [6.45, 7) is 7.10. The Morgan fingerprint density at radius 2 is 1.81 bits per heavy atom. The lowest BCUT2D eigenvalue weighted by atomic mass is 10.1. The zero-order chi connectivity index (χ0) is 18.1. The van der Waals surface area contributed by atoms with E-state index in [9.17, 15) is 4.79 Å². The number of piperazine rings is 1. The molecule has 0 aliphatic carbocycles. The molecule has 1 aliphatic heterocycles. The van der Waals surface area contributed by atoms with Crippen LogP contribution in [0.3, 0.4) is 0 Å². The van der Waals surface area contributed by atoms with Gasteiger partial charge >= 0.3 is 0 Å². The molecule has 2 aromatic heterocycles. The average molecular weight is 367 g/mol. The van der Waals surface area contributed by atoms with E-state index in [1.54, 1.807) is 11.3 Å². The number of anilines is 1. The van der Waals surface area contributed by atoms with Crippen LogP contribution >= 0.6 is 11.3 Å². The van der Waals surface area contributed by atoms with Crippen LogP contribution in [-0.4, -0.2) is 51.8 Å². The van der Waals surface area contributed by atoms with Crippen LogP contribution in [0.4, 0.5) is 5.13 Å². The molecule has 1 aromatic carbocycles. The minimum Gasteiger partial charge on any atom is -0.345 e. The van der Waals surface area contributed by atoms with Gasteiger partial charge < -0.3 is 9.80 Å². The molecule has 26 heavy (non-hydrogen) atoms. The van der Waals surface area contributed by atoms with Gasteiger partial charge in [-0.1, -0.05) is 0 Å². The van der Waals surface area contributed by atoms with Crippen LogP contribution in [0.2, 0.25) is 0 Å². The Kier molecular flexibility index (Phi) is 4.46. The lowest BCUT2D eigenvalue weighted by molar-refractivity contribution is 0.0747. The molecular formula is C19H21N5OS. The van der Waals surface area contributed by atoms with E-state index < -0.39 is 0 Å². The molecule has 0 N–H and O–H groups in total. The van der Waals surface area contributed by atoms with Crippen LogP contribution in [0, 0.1) is 13.8 Å². The highest BCUT2D eigenvalue weighted by molar-refractivity contribution is 7.13. The second-order valence-corrected chi connectivity index (χ2v) is 7.40. The van der Waals surface area contributed by atoms with Gasteiger partial charge in [0.1, 0.15) is 0 Å². The summed E-state index contributed by atoms with van der Waals surface area (Å²) < 4.78 is 1.82. The number of hydrogen-bond donors (Lipinski definition) is 0. The number of thiazole rings is 1. The standard InChI is InChI=1S/C19H21N5OS/c1-14-11-20-24(12-14)17-5-3-16(4-6-17)18(25)22-7-9-23(10-8-22)19-21-15(2)13-26-19/h3-6,11-13H,7-10H2,1-2H3. The van der Waals surface area contributed by atoms with Gasteiger partial charge in [0.15, 0.2) is 5.13 Å². The van der Waals surface area contributed by atoms with E-state index >= 15 is 0 Å². The minimum atomic E-state index is 0.0863. The quantitative estimate of drug-likeness (QED) is 0.714. The molecule has 134 valence electrons. The molecule has 7 heteroatoms. The van der Waals surface area contributed by atoms with Gasteiger partial charge in [-0.3, -0.25) is 4.79 Å². The number of amides is 1. The SMILES string of the molecule is Cc1cnn(-c2ccc(C(=O)N3CCN(c4nc(C)cs4)CC3)cc2)c1. The molecule has 0 radical (unpaired) electrons. The summed E-state index contributed by atoms with van der Waals surface area (Å²) >= 11 is 1.67. The Morgan fingerprint density at radius 3 is 2.38 bits per heavy atom. The number of aromatic nitrogens is 3. The fourth-order valence-electron chi connectivity index (χ4n) is 3.08. The van der Waals surface area contributed by atoms with Crippen LogP contribution < -0.4 is 4.90 Å². The van der Waals surface area contributed by atoms with Crippen molar-refractivity contribution in [2.45, 2.75) is 13.8 Å². The summed E-state index contributed by atoms with van der Waals surface area (Å²) in [6, 6.07) is 7.64. The molecule has 1 aliphatic rings. The van der Waals surface area contributed by atoms with Crippen molar-refractivity contribution in [3.8, 4) is 5.69 Å². The smallest absolute Gasteiger partial charge is 0.253 e. The van der Waals surface area contributed by atoms with E-state index in [1.165, 1.54) is 0 Å². The third-order valence-corrected chi connectivity index (χ3v) is 5.55. The van der Waals surface area contributed by atoms with E-state index in [2.05, 4.69) is 20.4 Å². The highest BCUT2D eigenvalue weighted by atomic mass is 32.1. The van der Waals surface area contributed by atoms with Crippen molar-refractivity contribution in [1.29, 1.82) is 0 Å². The van der Waals surface area contributed by atoms with E-state index in [4.69, 9.17) is 0 Å². The topological polar surface area (TPSA) is 54.3 Å². The number of carbonyl (C=O) groups is 1. The lowest BCUT2D eigenvalue weighted by Crippen LogP contribution is -2.48. The lowest BCUT2D eigenvalue weighted by Gasteiger charge is -2.34. The van der Waals surface area contributed by atoms with Crippen molar-refractivity contribution < 1.29 is 4.79 Å². The number of hydrogen-bond acceptors (Lipinski definition) is 5. The predicted molar refractivity (Wildman–Crippen MR) is 103 cm³/mol. The maximum absolute atomic E-state index is 12.8. The van der Waals surface area contributed by atoms with Crippen LogP contribution in [0.15, 0.2) is 42.0 Å². The normalized spacial score (nSPS) is 14.7. The maximum atomic E-state index is 12.8. The Morgan fingerprint density at radius 1 is 1.08 bits per heavy atom. The first-order chi connectivity index (χ1) is 12.6. The summed E-state index contributed by atoms with van der Waals surface area (Å²) in [5.74, 6) is 0.0863. The van der Waals surface area contributed by atoms with Crippen LogP contribution in [0.25, 0.3) is 5.69 Å². The van der Waals surface area contributed by atoms with Gasteiger partial charge in [-0.25, -0.2) is 9.67 Å². The average Bonchev–Trinajstić information content (AvgIpc) is 3.30. The van der Waals surface area contributed by atoms with E-state index in [0.29, 0.717) is 0 Å². The first-order valence-corrected chi connectivity index (χ1v) is 9.56. The van der Waals surface area contributed by atoms with Crippen LogP contribution in [-0.2, 0) is 0 Å². The third kappa shape index (κ3) is 3.35. The molecule has 0 bridgehead atoms. The second-order valence-electron chi connectivity index (χ2n) is 6.56. The van der Waals surface area contributed by atoms with Crippen molar-refractivity contribution in [1.82, 2.24) is 19.7 Å². The van der Waals surface area contributed by atoms with Crippen LogP contribution in [0.1, 0.15) is 21.6 Å². The molecule has 3 heterocycles. The maximum Gasteiger partial charge on any atom is 0.253 e. The van der Waals surface area contributed by atoms with Crippen molar-refractivity contribution >= 4 is 22.4 Å². The van der Waals surface area contributed by atoms with E-state index in [1.807, 2.05) is 60.1 Å². The van der Waals surface area contributed by atoms with Gasteiger partial charge in [0.25, 0.3) is 5.91 Å². The molecule has 0 spiro atoms. The third-order valence-electron chi connectivity index (χ3n) is 4.53. The van der Waals surface area contributed by atoms with E-state index in [-0.39, 0.29) is 5.91 Å². The van der Waals surface area contributed by atoms with E-state index in [0.717, 1.165) is 53.8 Å². The van der Waals surface area contributed by atoms with Gasteiger partial charge in [0.2, 0.25) is 0 Å². The first-order valence-electron chi connectivity index (χ1n) is 8.68. The largest absolute Gasteiger partial charge is 0.345 e. The Labute approximate surface area is 156 Å². The zero-order valence-electron chi connectivity index (χ0n) is 14.9. The molecule has 4 rings (SSSR count). The highest BCUT2D eigenvalue weighted by Gasteiger charge is 2.23. The van der Waals surface area contributed by atoms with Crippen molar-refractivity contribution in [3.63, 3.8) is 0 Å². The van der Waals surface area contributed by atoms with Gasteiger partial charge in [0.05, 0.1) is 17.6 Å². The molecule has 1 fully saturated rings. The molecule has 3 aromatic rings.